The van der Waals surface area contributed by atoms with Crippen LogP contribution < -0.4 is 11.1 Å². The summed E-state index contributed by atoms with van der Waals surface area (Å²) in [5.41, 5.74) is 5.71. The maximum Gasteiger partial charge on any atom is 0.241 e. The van der Waals surface area contributed by atoms with Crippen LogP contribution in [-0.4, -0.2) is 42.9 Å². The van der Waals surface area contributed by atoms with Gasteiger partial charge in [0, 0.05) is 19.0 Å². The second-order valence-electron chi connectivity index (χ2n) is 6.55. The van der Waals surface area contributed by atoms with Crippen LogP contribution in [0.1, 0.15) is 51.4 Å². The van der Waals surface area contributed by atoms with Crippen molar-refractivity contribution in [2.75, 3.05) is 20.1 Å². The molecule has 2 atom stereocenters. The number of nitrogens with one attached hydrogen (secondary N) is 1. The van der Waals surface area contributed by atoms with E-state index in [0.717, 1.165) is 32.1 Å². The lowest BCUT2D eigenvalue weighted by atomic mass is 9.94. The molecule has 22 heavy (non-hydrogen) atoms. The third-order valence-corrected chi connectivity index (χ3v) is 5.23. The third kappa shape index (κ3) is 4.85. The van der Waals surface area contributed by atoms with Gasteiger partial charge in [0.15, 0.2) is 0 Å². The lowest BCUT2D eigenvalue weighted by Crippen LogP contribution is -2.45. The Morgan fingerprint density at radius 2 is 1.77 bits per heavy atom. The van der Waals surface area contributed by atoms with Crippen LogP contribution in [0.2, 0.25) is 0 Å². The first-order valence-corrected chi connectivity index (χ1v) is 8.37. The van der Waals surface area contributed by atoms with Gasteiger partial charge in [0.2, 0.25) is 11.8 Å². The molecule has 0 spiro atoms. The lowest BCUT2D eigenvalue weighted by molar-refractivity contribution is -0.135. The molecule has 0 radical (unpaired) electrons. The van der Waals surface area contributed by atoms with Crippen molar-refractivity contribution in [3.05, 3.63) is 0 Å². The average Bonchev–Trinajstić information content (AvgIpc) is 3.01. The highest BCUT2D eigenvalue weighted by molar-refractivity contribution is 5.86. The number of carbonyl (C=O) groups excluding carboxylic acids is 2. The fourth-order valence-corrected chi connectivity index (χ4v) is 3.75. The molecular weight excluding hydrogens is 302 g/mol. The molecular formula is C16H30ClN3O2. The number of hydrogen-bond acceptors (Lipinski definition) is 3. The minimum absolute atomic E-state index is 0. The van der Waals surface area contributed by atoms with Crippen molar-refractivity contribution in [2.24, 2.45) is 17.6 Å². The minimum Gasteiger partial charge on any atom is -0.347 e. The molecule has 0 aromatic rings. The van der Waals surface area contributed by atoms with Gasteiger partial charge in [0.25, 0.3) is 0 Å². The van der Waals surface area contributed by atoms with Crippen LogP contribution in [0.25, 0.3) is 0 Å². The Bertz CT molecular complexity index is 372. The fourth-order valence-electron chi connectivity index (χ4n) is 3.75. The molecule has 2 aliphatic rings. The van der Waals surface area contributed by atoms with Crippen molar-refractivity contribution in [3.8, 4) is 0 Å². The zero-order valence-electron chi connectivity index (χ0n) is 13.6. The smallest absolute Gasteiger partial charge is 0.241 e. The predicted molar refractivity (Wildman–Crippen MR) is 89.8 cm³/mol. The van der Waals surface area contributed by atoms with Crippen LogP contribution in [0.15, 0.2) is 0 Å². The number of carbonyl (C=O) groups is 2. The summed E-state index contributed by atoms with van der Waals surface area (Å²) in [6.45, 7) is 0.688. The van der Waals surface area contributed by atoms with Crippen LogP contribution in [-0.2, 0) is 9.59 Å². The van der Waals surface area contributed by atoms with Gasteiger partial charge in [-0.3, -0.25) is 9.59 Å². The van der Waals surface area contributed by atoms with Gasteiger partial charge in [-0.1, -0.05) is 25.7 Å². The summed E-state index contributed by atoms with van der Waals surface area (Å²) in [6, 6.07) is 0.353. The number of nitrogens with two attached hydrogens (primary N) is 1. The number of nitrogens with zero attached hydrogens (tertiary/aromatic N) is 1. The normalized spacial score (nSPS) is 25.4. The molecule has 0 aromatic heterocycles. The molecule has 2 rings (SSSR count). The van der Waals surface area contributed by atoms with Gasteiger partial charge in [-0.15, -0.1) is 12.4 Å². The Morgan fingerprint density at radius 1 is 1.09 bits per heavy atom. The van der Waals surface area contributed by atoms with E-state index in [9.17, 15) is 9.59 Å². The maximum absolute atomic E-state index is 12.2. The molecule has 5 nitrogen and oxygen atoms in total. The van der Waals surface area contributed by atoms with Gasteiger partial charge in [-0.05, 0) is 38.1 Å². The molecule has 0 aromatic carbocycles. The third-order valence-electron chi connectivity index (χ3n) is 5.23. The molecule has 2 saturated carbocycles. The van der Waals surface area contributed by atoms with Gasteiger partial charge in [0.1, 0.15) is 0 Å². The van der Waals surface area contributed by atoms with Gasteiger partial charge in [-0.25, -0.2) is 0 Å². The number of likely N-dealkylation sites (N-methyl/N-ethyl adjacent to an activating group) is 1. The summed E-state index contributed by atoms with van der Waals surface area (Å²) in [5.74, 6) is 0.324. The highest BCUT2D eigenvalue weighted by Gasteiger charge is 2.32. The maximum atomic E-state index is 12.2. The molecule has 0 aliphatic heterocycles. The molecule has 128 valence electrons. The molecule has 2 amide bonds. The van der Waals surface area contributed by atoms with Crippen LogP contribution in [0.4, 0.5) is 0 Å². The first-order chi connectivity index (χ1) is 10.1. The summed E-state index contributed by atoms with van der Waals surface area (Å²) in [7, 11) is 1.86. The zero-order chi connectivity index (χ0) is 15.2. The van der Waals surface area contributed by atoms with Crippen molar-refractivity contribution in [1.82, 2.24) is 10.2 Å². The first kappa shape index (κ1) is 19.2. The van der Waals surface area contributed by atoms with Crippen molar-refractivity contribution in [1.29, 1.82) is 0 Å². The second kappa shape index (κ2) is 9.36. The monoisotopic (exact) mass is 331 g/mol. The Balaban J connectivity index is 0.00000242. The summed E-state index contributed by atoms with van der Waals surface area (Å²) in [5, 5.41) is 2.82. The van der Waals surface area contributed by atoms with Crippen LogP contribution in [0.5, 0.6) is 0 Å². The van der Waals surface area contributed by atoms with Gasteiger partial charge >= 0.3 is 0 Å². The minimum atomic E-state index is 0. The first-order valence-electron chi connectivity index (χ1n) is 8.37. The Labute approximate surface area is 139 Å². The lowest BCUT2D eigenvalue weighted by Gasteiger charge is -2.31. The second-order valence-corrected chi connectivity index (χ2v) is 6.55. The molecule has 6 heteroatoms. The van der Waals surface area contributed by atoms with Gasteiger partial charge in [-0.2, -0.15) is 0 Å². The van der Waals surface area contributed by atoms with E-state index < -0.39 is 0 Å². The number of rotatable bonds is 5. The number of amides is 2. The summed E-state index contributed by atoms with van der Waals surface area (Å²) in [4.78, 5) is 26.2. The average molecular weight is 332 g/mol. The van der Waals surface area contributed by atoms with Crippen molar-refractivity contribution in [3.63, 3.8) is 0 Å². The largest absolute Gasteiger partial charge is 0.347 e. The quantitative estimate of drug-likeness (QED) is 0.805. The molecule has 0 saturated heterocycles. The molecule has 2 aliphatic carbocycles. The topological polar surface area (TPSA) is 75.4 Å². The predicted octanol–water partition coefficient (Wildman–Crippen LogP) is 1.69. The van der Waals surface area contributed by atoms with Crippen molar-refractivity contribution >= 4 is 24.2 Å². The van der Waals surface area contributed by atoms with Crippen molar-refractivity contribution < 1.29 is 9.59 Å². The number of halogens is 1. The SMILES string of the molecule is CN(C(=O)CNC(=O)[C@@H]1CCC[C@@H]1CN)C1CCCCC1.Cl. The van der Waals surface area contributed by atoms with E-state index in [-0.39, 0.29) is 42.6 Å². The van der Waals surface area contributed by atoms with E-state index in [2.05, 4.69) is 5.32 Å². The van der Waals surface area contributed by atoms with E-state index in [0.29, 0.717) is 12.6 Å². The highest BCUT2D eigenvalue weighted by Crippen LogP contribution is 2.30. The van der Waals surface area contributed by atoms with Crippen LogP contribution in [0, 0.1) is 11.8 Å². The fraction of sp³-hybridized carbons (Fsp3) is 0.875. The van der Waals surface area contributed by atoms with E-state index >= 15 is 0 Å². The Kier molecular flexibility index (Phi) is 8.18. The molecule has 0 heterocycles. The summed E-state index contributed by atoms with van der Waals surface area (Å²) >= 11 is 0. The number of hydrogen-bond donors (Lipinski definition) is 2. The summed E-state index contributed by atoms with van der Waals surface area (Å²) < 4.78 is 0. The van der Waals surface area contributed by atoms with E-state index in [1.54, 1.807) is 0 Å². The van der Waals surface area contributed by atoms with Gasteiger partial charge < -0.3 is 16.0 Å². The molecule has 3 N–H and O–H groups in total. The highest BCUT2D eigenvalue weighted by atomic mass is 35.5. The Morgan fingerprint density at radius 3 is 2.41 bits per heavy atom. The van der Waals surface area contributed by atoms with Crippen molar-refractivity contribution in [2.45, 2.75) is 57.4 Å². The molecule has 0 unspecified atom stereocenters. The van der Waals surface area contributed by atoms with E-state index in [4.69, 9.17) is 5.73 Å². The molecule has 0 bridgehead atoms. The Hall–Kier alpha value is -0.810. The van der Waals surface area contributed by atoms with Crippen LogP contribution in [0.3, 0.4) is 0 Å². The standard InChI is InChI=1S/C16H29N3O2.ClH/c1-19(13-7-3-2-4-8-13)15(20)11-18-16(21)14-9-5-6-12(14)10-17;/h12-14H,2-11,17H2,1H3,(H,18,21);1H/t12-,14-;/m1./s1. The van der Waals surface area contributed by atoms with E-state index in [1.165, 1.54) is 19.3 Å². The van der Waals surface area contributed by atoms with Gasteiger partial charge in [0.05, 0.1) is 6.54 Å². The van der Waals surface area contributed by atoms with Crippen LogP contribution >= 0.6 is 12.4 Å². The zero-order valence-corrected chi connectivity index (χ0v) is 14.4. The molecule has 2 fully saturated rings. The summed E-state index contributed by atoms with van der Waals surface area (Å²) in [6.07, 6.45) is 8.87. The van der Waals surface area contributed by atoms with E-state index in [1.807, 2.05) is 11.9 Å².